The quantitative estimate of drug-likeness (QED) is 0.824. The fraction of sp³-hybridized carbons (Fsp3) is 0.389. The van der Waals surface area contributed by atoms with Crippen molar-refractivity contribution in [2.45, 2.75) is 32.5 Å². The molecule has 0 saturated carbocycles. The third-order valence-corrected chi connectivity index (χ3v) is 3.39. The summed E-state index contributed by atoms with van der Waals surface area (Å²) in [4.78, 5) is 14.1. The highest BCUT2D eigenvalue weighted by Gasteiger charge is 2.22. The normalized spacial score (nSPS) is 11.3. The molecule has 0 bridgehead atoms. The lowest BCUT2D eigenvalue weighted by molar-refractivity contribution is 0.0447. The zero-order valence-corrected chi connectivity index (χ0v) is 13.8. The van der Waals surface area contributed by atoms with E-state index >= 15 is 0 Å². The molecule has 0 aliphatic heterocycles. The van der Waals surface area contributed by atoms with E-state index in [2.05, 4.69) is 5.32 Å². The first kappa shape index (κ1) is 17.1. The standard InChI is InChI=1S/C18H25N3O2/c1-18(2,23)15-21(14-16-8-4-3-5-9-16)17(22)19-10-13-20-11-6-7-12-20/h3-9,11-12,23H,10,13-15H2,1-2H3,(H,19,22). The Hall–Kier alpha value is -2.27. The minimum atomic E-state index is -0.938. The van der Waals surface area contributed by atoms with E-state index in [-0.39, 0.29) is 12.6 Å². The van der Waals surface area contributed by atoms with Crippen LogP contribution < -0.4 is 5.32 Å². The average Bonchev–Trinajstić information content (AvgIpc) is 2.99. The van der Waals surface area contributed by atoms with Gasteiger partial charge in [0.15, 0.2) is 0 Å². The molecule has 0 spiro atoms. The van der Waals surface area contributed by atoms with Gasteiger partial charge in [0.25, 0.3) is 0 Å². The molecule has 0 unspecified atom stereocenters. The molecule has 0 aliphatic rings. The summed E-state index contributed by atoms with van der Waals surface area (Å²) in [5.41, 5.74) is 0.101. The van der Waals surface area contributed by atoms with Crippen molar-refractivity contribution < 1.29 is 9.90 Å². The van der Waals surface area contributed by atoms with E-state index in [1.54, 1.807) is 18.7 Å². The highest BCUT2D eigenvalue weighted by Crippen LogP contribution is 2.10. The third kappa shape index (κ3) is 6.16. The van der Waals surface area contributed by atoms with Crippen LogP contribution in [0.3, 0.4) is 0 Å². The van der Waals surface area contributed by atoms with Gasteiger partial charge in [-0.3, -0.25) is 0 Å². The second-order valence-electron chi connectivity index (χ2n) is 6.31. The summed E-state index contributed by atoms with van der Waals surface area (Å²) in [6, 6.07) is 13.5. The third-order valence-electron chi connectivity index (χ3n) is 3.39. The fourth-order valence-corrected chi connectivity index (χ4v) is 2.39. The van der Waals surface area contributed by atoms with Crippen LogP contribution in [0.5, 0.6) is 0 Å². The molecular weight excluding hydrogens is 290 g/mol. The summed E-state index contributed by atoms with van der Waals surface area (Å²) in [5.74, 6) is 0. The Morgan fingerprint density at radius 3 is 2.43 bits per heavy atom. The number of carbonyl (C=O) groups excluding carboxylic acids is 1. The van der Waals surface area contributed by atoms with Gasteiger partial charge in [-0.25, -0.2) is 4.79 Å². The molecule has 0 atom stereocenters. The number of carbonyl (C=O) groups is 1. The largest absolute Gasteiger partial charge is 0.389 e. The molecule has 1 aromatic heterocycles. The predicted molar refractivity (Wildman–Crippen MR) is 91.0 cm³/mol. The summed E-state index contributed by atoms with van der Waals surface area (Å²) in [5, 5.41) is 13.0. The summed E-state index contributed by atoms with van der Waals surface area (Å²) in [6.07, 6.45) is 3.93. The van der Waals surface area contributed by atoms with Crippen molar-refractivity contribution >= 4 is 6.03 Å². The van der Waals surface area contributed by atoms with Gasteiger partial charge in [-0.15, -0.1) is 0 Å². The predicted octanol–water partition coefficient (Wildman–Crippen LogP) is 2.47. The lowest BCUT2D eigenvalue weighted by atomic mass is 10.1. The molecule has 2 amide bonds. The van der Waals surface area contributed by atoms with Crippen LogP contribution in [-0.4, -0.2) is 39.3 Å². The van der Waals surface area contributed by atoms with Gasteiger partial charge in [-0.05, 0) is 31.5 Å². The number of rotatable bonds is 7. The number of aromatic nitrogens is 1. The van der Waals surface area contributed by atoms with E-state index in [4.69, 9.17) is 0 Å². The zero-order valence-electron chi connectivity index (χ0n) is 13.8. The van der Waals surface area contributed by atoms with Crippen LogP contribution in [0.15, 0.2) is 54.9 Å². The van der Waals surface area contributed by atoms with Crippen molar-refractivity contribution in [3.05, 3.63) is 60.4 Å². The minimum absolute atomic E-state index is 0.164. The molecule has 23 heavy (non-hydrogen) atoms. The molecule has 1 heterocycles. The van der Waals surface area contributed by atoms with Crippen LogP contribution >= 0.6 is 0 Å². The summed E-state index contributed by atoms with van der Waals surface area (Å²) >= 11 is 0. The topological polar surface area (TPSA) is 57.5 Å². The van der Waals surface area contributed by atoms with E-state index in [1.165, 1.54) is 0 Å². The monoisotopic (exact) mass is 315 g/mol. The minimum Gasteiger partial charge on any atom is -0.389 e. The Morgan fingerprint density at radius 2 is 1.83 bits per heavy atom. The van der Waals surface area contributed by atoms with Gasteiger partial charge in [-0.1, -0.05) is 30.3 Å². The maximum absolute atomic E-state index is 12.4. The van der Waals surface area contributed by atoms with Gasteiger partial charge in [0.2, 0.25) is 0 Å². The molecule has 5 heteroatoms. The van der Waals surface area contributed by atoms with Gasteiger partial charge in [0.05, 0.1) is 12.1 Å². The number of benzene rings is 1. The van der Waals surface area contributed by atoms with Crippen molar-refractivity contribution in [3.8, 4) is 0 Å². The van der Waals surface area contributed by atoms with E-state index in [0.717, 1.165) is 12.1 Å². The van der Waals surface area contributed by atoms with Crippen molar-refractivity contribution in [1.82, 2.24) is 14.8 Å². The molecule has 0 radical (unpaired) electrons. The van der Waals surface area contributed by atoms with Gasteiger partial charge >= 0.3 is 6.03 Å². The fourth-order valence-electron chi connectivity index (χ4n) is 2.39. The van der Waals surface area contributed by atoms with Crippen LogP contribution in [0.2, 0.25) is 0 Å². The van der Waals surface area contributed by atoms with E-state index in [9.17, 15) is 9.90 Å². The van der Waals surface area contributed by atoms with Gasteiger partial charge in [-0.2, -0.15) is 0 Å². The summed E-state index contributed by atoms with van der Waals surface area (Å²) in [6.45, 7) is 5.43. The number of urea groups is 1. The van der Waals surface area contributed by atoms with Crippen LogP contribution in [0.25, 0.3) is 0 Å². The Morgan fingerprint density at radius 1 is 1.17 bits per heavy atom. The van der Waals surface area contributed by atoms with Gasteiger partial charge in [0.1, 0.15) is 0 Å². The number of amides is 2. The Bertz CT molecular complexity index is 588. The number of hydrogen-bond donors (Lipinski definition) is 2. The maximum Gasteiger partial charge on any atom is 0.317 e. The smallest absolute Gasteiger partial charge is 0.317 e. The number of nitrogens with zero attached hydrogens (tertiary/aromatic N) is 2. The molecular formula is C18H25N3O2. The Kier molecular flexibility index (Phi) is 5.82. The van der Waals surface area contributed by atoms with Crippen molar-refractivity contribution in [2.75, 3.05) is 13.1 Å². The maximum atomic E-state index is 12.4. The first-order chi connectivity index (χ1) is 10.9. The second-order valence-corrected chi connectivity index (χ2v) is 6.31. The number of hydrogen-bond acceptors (Lipinski definition) is 2. The van der Waals surface area contributed by atoms with Crippen LogP contribution in [-0.2, 0) is 13.1 Å². The molecule has 0 fully saturated rings. The van der Waals surface area contributed by atoms with Crippen molar-refractivity contribution in [2.24, 2.45) is 0 Å². The SMILES string of the molecule is CC(C)(O)CN(Cc1ccccc1)C(=O)NCCn1cccc1. The molecule has 2 aromatic rings. The van der Waals surface area contributed by atoms with Crippen LogP contribution in [0, 0.1) is 0 Å². The van der Waals surface area contributed by atoms with E-state index < -0.39 is 5.60 Å². The average molecular weight is 315 g/mol. The molecule has 1 aromatic carbocycles. The zero-order chi connectivity index (χ0) is 16.7. The summed E-state index contributed by atoms with van der Waals surface area (Å²) < 4.78 is 2.01. The molecule has 2 N–H and O–H groups in total. The van der Waals surface area contributed by atoms with Crippen LogP contribution in [0.1, 0.15) is 19.4 Å². The van der Waals surface area contributed by atoms with Crippen LogP contribution in [0.4, 0.5) is 4.79 Å². The Labute approximate surface area is 137 Å². The Balaban J connectivity index is 1.93. The first-order valence-electron chi connectivity index (χ1n) is 7.84. The lowest BCUT2D eigenvalue weighted by Gasteiger charge is -2.29. The second kappa shape index (κ2) is 7.83. The molecule has 2 rings (SSSR count). The summed E-state index contributed by atoms with van der Waals surface area (Å²) in [7, 11) is 0. The highest BCUT2D eigenvalue weighted by atomic mass is 16.3. The van der Waals surface area contributed by atoms with E-state index in [1.807, 2.05) is 59.4 Å². The lowest BCUT2D eigenvalue weighted by Crippen LogP contribution is -2.47. The van der Waals surface area contributed by atoms with Gasteiger partial charge in [0, 0.05) is 32.0 Å². The number of aliphatic hydroxyl groups is 1. The van der Waals surface area contributed by atoms with Crippen molar-refractivity contribution in [1.29, 1.82) is 0 Å². The molecule has 5 nitrogen and oxygen atoms in total. The highest BCUT2D eigenvalue weighted by molar-refractivity contribution is 5.74. The first-order valence-corrected chi connectivity index (χ1v) is 7.84. The molecule has 0 saturated heterocycles. The van der Waals surface area contributed by atoms with Crippen molar-refractivity contribution in [3.63, 3.8) is 0 Å². The van der Waals surface area contributed by atoms with Gasteiger partial charge < -0.3 is 19.9 Å². The molecule has 124 valence electrons. The van der Waals surface area contributed by atoms with E-state index in [0.29, 0.717) is 13.1 Å². The number of nitrogens with one attached hydrogen (secondary N) is 1. The molecule has 0 aliphatic carbocycles.